The quantitative estimate of drug-likeness (QED) is 0.480. The third kappa shape index (κ3) is 5.87. The lowest BCUT2D eigenvalue weighted by Gasteiger charge is -2.10. The molecule has 1 heterocycles. The van der Waals surface area contributed by atoms with E-state index in [1.807, 2.05) is 72.8 Å². The SMILES string of the molecule is O=C(C=CC[C@@H]1CC[C@H](CC=CC(=O)c2ccccc2)O1)c1ccccc1. The van der Waals surface area contributed by atoms with Crippen LogP contribution in [0.1, 0.15) is 46.4 Å². The molecule has 1 aliphatic rings. The maximum Gasteiger partial charge on any atom is 0.185 e. The highest BCUT2D eigenvalue weighted by Crippen LogP contribution is 2.25. The minimum atomic E-state index is 0.0208. The van der Waals surface area contributed by atoms with E-state index >= 15 is 0 Å². The molecule has 138 valence electrons. The monoisotopic (exact) mass is 360 g/mol. The highest BCUT2D eigenvalue weighted by atomic mass is 16.5. The van der Waals surface area contributed by atoms with Crippen LogP contribution in [0.5, 0.6) is 0 Å². The zero-order valence-electron chi connectivity index (χ0n) is 15.3. The first-order chi connectivity index (χ1) is 13.2. The fraction of sp³-hybridized carbons (Fsp3) is 0.250. The Morgan fingerprint density at radius 2 is 1.15 bits per heavy atom. The molecule has 3 rings (SSSR count). The number of hydrogen-bond acceptors (Lipinski definition) is 3. The van der Waals surface area contributed by atoms with Crippen LogP contribution < -0.4 is 0 Å². The van der Waals surface area contributed by atoms with Gasteiger partial charge in [-0.2, -0.15) is 0 Å². The number of rotatable bonds is 8. The van der Waals surface area contributed by atoms with Gasteiger partial charge in [-0.15, -0.1) is 0 Å². The maximum atomic E-state index is 12.0. The summed E-state index contributed by atoms with van der Waals surface area (Å²) < 4.78 is 6.01. The lowest BCUT2D eigenvalue weighted by molar-refractivity contribution is 0.0490. The van der Waals surface area contributed by atoms with Crippen LogP contribution in [-0.4, -0.2) is 23.8 Å². The summed E-state index contributed by atoms with van der Waals surface area (Å²) in [7, 11) is 0. The topological polar surface area (TPSA) is 43.4 Å². The van der Waals surface area contributed by atoms with Gasteiger partial charge in [0.2, 0.25) is 0 Å². The van der Waals surface area contributed by atoms with Gasteiger partial charge in [0.05, 0.1) is 12.2 Å². The molecule has 27 heavy (non-hydrogen) atoms. The number of hydrogen-bond donors (Lipinski definition) is 0. The van der Waals surface area contributed by atoms with Crippen LogP contribution >= 0.6 is 0 Å². The third-order valence-electron chi connectivity index (χ3n) is 4.65. The molecule has 3 heteroatoms. The van der Waals surface area contributed by atoms with Gasteiger partial charge in [-0.25, -0.2) is 0 Å². The zero-order valence-corrected chi connectivity index (χ0v) is 15.3. The van der Waals surface area contributed by atoms with Crippen molar-refractivity contribution in [2.45, 2.75) is 37.9 Å². The average Bonchev–Trinajstić information content (AvgIpc) is 3.17. The van der Waals surface area contributed by atoms with Crippen molar-refractivity contribution in [2.24, 2.45) is 0 Å². The summed E-state index contributed by atoms with van der Waals surface area (Å²) in [5.41, 5.74) is 1.40. The molecule has 0 unspecified atom stereocenters. The van der Waals surface area contributed by atoms with Gasteiger partial charge >= 0.3 is 0 Å². The fourth-order valence-electron chi connectivity index (χ4n) is 3.18. The van der Waals surface area contributed by atoms with Crippen LogP contribution in [0.2, 0.25) is 0 Å². The Kier molecular flexibility index (Phi) is 6.89. The largest absolute Gasteiger partial charge is 0.374 e. The molecule has 1 aliphatic heterocycles. The van der Waals surface area contributed by atoms with Crippen molar-refractivity contribution < 1.29 is 14.3 Å². The second-order valence-corrected chi connectivity index (χ2v) is 6.69. The van der Waals surface area contributed by atoms with Gasteiger partial charge < -0.3 is 4.74 Å². The van der Waals surface area contributed by atoms with Gasteiger partial charge in [-0.1, -0.05) is 72.8 Å². The predicted octanol–water partition coefficient (Wildman–Crippen LogP) is 5.19. The van der Waals surface area contributed by atoms with Crippen molar-refractivity contribution in [2.75, 3.05) is 0 Å². The molecule has 0 radical (unpaired) electrons. The van der Waals surface area contributed by atoms with Crippen molar-refractivity contribution in [1.29, 1.82) is 0 Å². The summed E-state index contributed by atoms with van der Waals surface area (Å²) in [6.07, 6.45) is 10.8. The molecule has 2 aromatic carbocycles. The fourth-order valence-corrected chi connectivity index (χ4v) is 3.18. The summed E-state index contributed by atoms with van der Waals surface area (Å²) in [4.78, 5) is 24.1. The van der Waals surface area contributed by atoms with Gasteiger partial charge in [0, 0.05) is 11.1 Å². The number of allylic oxidation sites excluding steroid dienone is 2. The molecule has 0 saturated carbocycles. The molecule has 0 aliphatic carbocycles. The van der Waals surface area contributed by atoms with Gasteiger partial charge in [0.25, 0.3) is 0 Å². The Balaban J connectivity index is 1.40. The standard InChI is InChI=1S/C24H24O3/c25-23(19-9-3-1-4-10-19)15-7-13-21-17-18-22(27-21)14-8-16-24(26)20-11-5-2-6-12-20/h1-12,15-16,21-22H,13-14,17-18H2/t21-,22+. The van der Waals surface area contributed by atoms with E-state index in [9.17, 15) is 9.59 Å². The minimum Gasteiger partial charge on any atom is -0.374 e. The first-order valence-corrected chi connectivity index (χ1v) is 9.39. The zero-order chi connectivity index (χ0) is 18.9. The van der Waals surface area contributed by atoms with Crippen molar-refractivity contribution in [3.63, 3.8) is 0 Å². The lowest BCUT2D eigenvalue weighted by atomic mass is 10.1. The van der Waals surface area contributed by atoms with Crippen LogP contribution in [0.3, 0.4) is 0 Å². The number of benzene rings is 2. The smallest absolute Gasteiger partial charge is 0.185 e. The summed E-state index contributed by atoms with van der Waals surface area (Å²) in [5.74, 6) is 0.0417. The number of ether oxygens (including phenoxy) is 1. The van der Waals surface area contributed by atoms with E-state index in [0.29, 0.717) is 11.1 Å². The van der Waals surface area contributed by atoms with Crippen LogP contribution in [-0.2, 0) is 4.74 Å². The van der Waals surface area contributed by atoms with Gasteiger partial charge in [0.15, 0.2) is 11.6 Å². The van der Waals surface area contributed by atoms with E-state index in [2.05, 4.69) is 0 Å². The Labute approximate surface area is 160 Å². The first-order valence-electron chi connectivity index (χ1n) is 9.39. The molecular formula is C24H24O3. The van der Waals surface area contributed by atoms with Crippen LogP contribution in [0.25, 0.3) is 0 Å². The summed E-state index contributed by atoms with van der Waals surface area (Å²) in [5, 5.41) is 0. The summed E-state index contributed by atoms with van der Waals surface area (Å²) in [6, 6.07) is 18.5. The first kappa shape index (κ1) is 19.0. The molecule has 2 aromatic rings. The molecular weight excluding hydrogens is 336 g/mol. The van der Waals surface area contributed by atoms with E-state index in [1.54, 1.807) is 12.2 Å². The summed E-state index contributed by atoms with van der Waals surface area (Å²) in [6.45, 7) is 0. The Hall–Kier alpha value is -2.78. The highest BCUT2D eigenvalue weighted by Gasteiger charge is 2.23. The van der Waals surface area contributed by atoms with Gasteiger partial charge in [-0.3, -0.25) is 9.59 Å². The third-order valence-corrected chi connectivity index (χ3v) is 4.65. The average molecular weight is 360 g/mol. The Morgan fingerprint density at radius 3 is 1.56 bits per heavy atom. The summed E-state index contributed by atoms with van der Waals surface area (Å²) >= 11 is 0. The molecule has 0 N–H and O–H groups in total. The molecule has 0 spiro atoms. The molecule has 1 fully saturated rings. The van der Waals surface area contributed by atoms with E-state index in [-0.39, 0.29) is 23.8 Å². The van der Waals surface area contributed by atoms with E-state index in [4.69, 9.17) is 4.74 Å². The molecule has 0 amide bonds. The highest BCUT2D eigenvalue weighted by molar-refractivity contribution is 6.04. The molecule has 0 bridgehead atoms. The van der Waals surface area contributed by atoms with Crippen molar-refractivity contribution in [3.8, 4) is 0 Å². The van der Waals surface area contributed by atoms with E-state index in [1.165, 1.54) is 0 Å². The van der Waals surface area contributed by atoms with Crippen LogP contribution in [0, 0.1) is 0 Å². The van der Waals surface area contributed by atoms with Crippen LogP contribution in [0.4, 0.5) is 0 Å². The van der Waals surface area contributed by atoms with E-state index in [0.717, 1.165) is 25.7 Å². The second kappa shape index (κ2) is 9.79. The Bertz CT molecular complexity index is 737. The molecule has 3 nitrogen and oxygen atoms in total. The Morgan fingerprint density at radius 1 is 0.741 bits per heavy atom. The van der Waals surface area contributed by atoms with Crippen molar-refractivity contribution in [1.82, 2.24) is 0 Å². The van der Waals surface area contributed by atoms with Gasteiger partial charge in [0.1, 0.15) is 0 Å². The predicted molar refractivity (Wildman–Crippen MR) is 107 cm³/mol. The van der Waals surface area contributed by atoms with Gasteiger partial charge in [-0.05, 0) is 37.8 Å². The van der Waals surface area contributed by atoms with Crippen LogP contribution in [0.15, 0.2) is 85.0 Å². The number of ketones is 2. The van der Waals surface area contributed by atoms with Crippen molar-refractivity contribution >= 4 is 11.6 Å². The van der Waals surface area contributed by atoms with Crippen molar-refractivity contribution in [3.05, 3.63) is 96.1 Å². The van der Waals surface area contributed by atoms with E-state index < -0.39 is 0 Å². The minimum absolute atomic E-state index is 0.0208. The molecule has 0 aromatic heterocycles. The maximum absolute atomic E-state index is 12.0. The number of carbonyl (C=O) groups excluding carboxylic acids is 2. The number of carbonyl (C=O) groups is 2. The second-order valence-electron chi connectivity index (χ2n) is 6.69. The lowest BCUT2D eigenvalue weighted by Crippen LogP contribution is -2.09. The molecule has 1 saturated heterocycles. The normalized spacial score (nSPS) is 19.7. The molecule has 2 atom stereocenters.